The molecule has 0 saturated heterocycles. The lowest BCUT2D eigenvalue weighted by molar-refractivity contribution is 0.351. The van der Waals surface area contributed by atoms with Crippen molar-refractivity contribution in [3.8, 4) is 6.07 Å². The standard InChI is InChI=1S/C11H13BrN2O2S2/c12-10-5-8-17-11(10)18(15,16)14(7-6-13)9-3-1-2-4-9/h5,8-9H,1-4,7H2. The Morgan fingerprint density at radius 2 is 2.17 bits per heavy atom. The number of hydrogen-bond donors (Lipinski definition) is 0. The van der Waals surface area contributed by atoms with Gasteiger partial charge in [-0.05, 0) is 40.2 Å². The van der Waals surface area contributed by atoms with E-state index in [9.17, 15) is 8.42 Å². The predicted octanol–water partition coefficient (Wildman–Crippen LogP) is 2.97. The molecule has 4 nitrogen and oxygen atoms in total. The number of hydrogen-bond acceptors (Lipinski definition) is 4. The Kier molecular flexibility index (Phi) is 4.43. The lowest BCUT2D eigenvalue weighted by Crippen LogP contribution is -2.38. The summed E-state index contributed by atoms with van der Waals surface area (Å²) in [7, 11) is -3.55. The third-order valence-electron chi connectivity index (χ3n) is 3.09. The smallest absolute Gasteiger partial charge is 0.206 e. The number of thiophene rings is 1. The van der Waals surface area contributed by atoms with Gasteiger partial charge in [0.2, 0.25) is 0 Å². The maximum Gasteiger partial charge on any atom is 0.254 e. The van der Waals surface area contributed by atoms with Crippen molar-refractivity contribution >= 4 is 37.3 Å². The van der Waals surface area contributed by atoms with Crippen LogP contribution in [0.2, 0.25) is 0 Å². The largest absolute Gasteiger partial charge is 0.254 e. The normalized spacial score (nSPS) is 17.2. The number of sulfonamides is 1. The molecule has 0 amide bonds. The minimum atomic E-state index is -3.55. The molecule has 1 heterocycles. The van der Waals surface area contributed by atoms with Crippen molar-refractivity contribution in [3.05, 3.63) is 15.9 Å². The highest BCUT2D eigenvalue weighted by atomic mass is 79.9. The second kappa shape index (κ2) is 5.70. The van der Waals surface area contributed by atoms with Crippen molar-refractivity contribution < 1.29 is 8.42 Å². The number of nitriles is 1. The number of halogens is 1. The van der Waals surface area contributed by atoms with Gasteiger partial charge in [-0.15, -0.1) is 11.3 Å². The van der Waals surface area contributed by atoms with Crippen LogP contribution < -0.4 is 0 Å². The van der Waals surface area contributed by atoms with E-state index in [-0.39, 0.29) is 12.6 Å². The van der Waals surface area contributed by atoms with Crippen LogP contribution in [0.1, 0.15) is 25.7 Å². The van der Waals surface area contributed by atoms with Crippen LogP contribution in [-0.2, 0) is 10.0 Å². The van der Waals surface area contributed by atoms with E-state index in [2.05, 4.69) is 15.9 Å². The Bertz CT molecular complexity index is 556. The van der Waals surface area contributed by atoms with Gasteiger partial charge in [0.25, 0.3) is 10.0 Å². The molecule has 1 aromatic rings. The van der Waals surface area contributed by atoms with Crippen LogP contribution in [-0.4, -0.2) is 25.3 Å². The summed E-state index contributed by atoms with van der Waals surface area (Å²) >= 11 is 4.44. The minimum Gasteiger partial charge on any atom is -0.206 e. The van der Waals surface area contributed by atoms with Crippen molar-refractivity contribution in [2.24, 2.45) is 0 Å². The Balaban J connectivity index is 2.36. The number of nitrogens with zero attached hydrogens (tertiary/aromatic N) is 2. The van der Waals surface area contributed by atoms with E-state index in [0.717, 1.165) is 25.7 Å². The van der Waals surface area contributed by atoms with Crippen LogP contribution in [0, 0.1) is 11.3 Å². The molecular weight excluding hydrogens is 336 g/mol. The van der Waals surface area contributed by atoms with E-state index in [1.807, 2.05) is 6.07 Å². The zero-order valence-electron chi connectivity index (χ0n) is 9.67. The molecule has 0 N–H and O–H groups in total. The van der Waals surface area contributed by atoms with Crippen molar-refractivity contribution in [1.29, 1.82) is 5.26 Å². The first-order chi connectivity index (χ1) is 8.57. The van der Waals surface area contributed by atoms with Gasteiger partial charge < -0.3 is 0 Å². The van der Waals surface area contributed by atoms with Crippen molar-refractivity contribution in [1.82, 2.24) is 4.31 Å². The summed E-state index contributed by atoms with van der Waals surface area (Å²) in [6.07, 6.45) is 3.77. The van der Waals surface area contributed by atoms with Crippen LogP contribution >= 0.6 is 27.3 Å². The van der Waals surface area contributed by atoms with Crippen molar-refractivity contribution in [2.75, 3.05) is 6.54 Å². The van der Waals surface area contributed by atoms with Gasteiger partial charge in [0.1, 0.15) is 10.8 Å². The lowest BCUT2D eigenvalue weighted by Gasteiger charge is -2.25. The molecule has 7 heteroatoms. The summed E-state index contributed by atoms with van der Waals surface area (Å²) in [4.78, 5) is 0. The third kappa shape index (κ3) is 2.62. The molecule has 1 aliphatic rings. The van der Waals surface area contributed by atoms with Crippen molar-refractivity contribution in [2.45, 2.75) is 35.9 Å². The van der Waals surface area contributed by atoms with Gasteiger partial charge in [-0.25, -0.2) is 8.42 Å². The molecule has 18 heavy (non-hydrogen) atoms. The molecule has 0 radical (unpaired) electrons. The Labute approximate surface area is 119 Å². The first kappa shape index (κ1) is 14.0. The molecule has 0 spiro atoms. The second-order valence-electron chi connectivity index (χ2n) is 4.20. The van der Waals surface area contributed by atoms with Gasteiger partial charge in [0, 0.05) is 10.5 Å². The molecular formula is C11H13BrN2O2S2. The molecule has 1 saturated carbocycles. The molecule has 1 fully saturated rings. The quantitative estimate of drug-likeness (QED) is 0.785. The fraction of sp³-hybridized carbons (Fsp3) is 0.545. The Hall–Kier alpha value is -0.420. The lowest BCUT2D eigenvalue weighted by atomic mass is 10.2. The highest BCUT2D eigenvalue weighted by molar-refractivity contribution is 9.10. The van der Waals surface area contributed by atoms with E-state index >= 15 is 0 Å². The van der Waals surface area contributed by atoms with E-state index < -0.39 is 10.0 Å². The SMILES string of the molecule is N#CCN(C1CCCC1)S(=O)(=O)c1sccc1Br. The summed E-state index contributed by atoms with van der Waals surface area (Å²) in [5, 5.41) is 10.6. The highest BCUT2D eigenvalue weighted by Gasteiger charge is 2.34. The van der Waals surface area contributed by atoms with E-state index in [4.69, 9.17) is 5.26 Å². The fourth-order valence-corrected chi connectivity index (χ4v) is 6.25. The van der Waals surface area contributed by atoms with E-state index in [1.165, 1.54) is 15.6 Å². The molecule has 2 rings (SSSR count). The Morgan fingerprint density at radius 3 is 2.67 bits per heavy atom. The number of rotatable bonds is 4. The predicted molar refractivity (Wildman–Crippen MR) is 73.8 cm³/mol. The molecule has 1 aromatic heterocycles. The minimum absolute atomic E-state index is 0.0244. The van der Waals surface area contributed by atoms with Gasteiger partial charge in [0.15, 0.2) is 0 Å². The van der Waals surface area contributed by atoms with Gasteiger partial charge >= 0.3 is 0 Å². The highest BCUT2D eigenvalue weighted by Crippen LogP contribution is 2.34. The molecule has 0 unspecified atom stereocenters. The summed E-state index contributed by atoms with van der Waals surface area (Å²) < 4.78 is 27.3. The van der Waals surface area contributed by atoms with Crippen LogP contribution in [0.5, 0.6) is 0 Å². The topological polar surface area (TPSA) is 61.2 Å². The summed E-state index contributed by atoms with van der Waals surface area (Å²) in [5.41, 5.74) is 0. The third-order valence-corrected chi connectivity index (χ3v) is 7.63. The van der Waals surface area contributed by atoms with Crippen LogP contribution in [0.25, 0.3) is 0 Å². The molecule has 0 bridgehead atoms. The summed E-state index contributed by atoms with van der Waals surface area (Å²) in [5.74, 6) is 0. The van der Waals surface area contributed by atoms with Gasteiger partial charge in [-0.1, -0.05) is 12.8 Å². The van der Waals surface area contributed by atoms with Crippen LogP contribution in [0.4, 0.5) is 0 Å². The van der Waals surface area contributed by atoms with E-state index in [0.29, 0.717) is 8.68 Å². The fourth-order valence-electron chi connectivity index (χ4n) is 2.24. The first-order valence-electron chi connectivity index (χ1n) is 5.69. The molecule has 1 aliphatic carbocycles. The summed E-state index contributed by atoms with van der Waals surface area (Å²) in [6.45, 7) is -0.0721. The molecule has 0 atom stereocenters. The van der Waals surface area contributed by atoms with E-state index in [1.54, 1.807) is 11.4 Å². The average molecular weight is 349 g/mol. The molecule has 98 valence electrons. The molecule has 0 aliphatic heterocycles. The van der Waals surface area contributed by atoms with Gasteiger partial charge in [0.05, 0.1) is 6.07 Å². The first-order valence-corrected chi connectivity index (χ1v) is 8.80. The maximum absolute atomic E-state index is 12.5. The van der Waals surface area contributed by atoms with Crippen LogP contribution in [0.15, 0.2) is 20.1 Å². The monoisotopic (exact) mass is 348 g/mol. The van der Waals surface area contributed by atoms with Crippen molar-refractivity contribution in [3.63, 3.8) is 0 Å². The second-order valence-corrected chi connectivity index (χ2v) is 8.06. The maximum atomic E-state index is 12.5. The van der Waals surface area contributed by atoms with Gasteiger partial charge in [-0.2, -0.15) is 9.57 Å². The zero-order valence-corrected chi connectivity index (χ0v) is 12.9. The average Bonchev–Trinajstić information content (AvgIpc) is 2.96. The molecule has 0 aromatic carbocycles. The summed E-state index contributed by atoms with van der Waals surface area (Å²) in [6, 6.07) is 3.66. The zero-order chi connectivity index (χ0) is 13.2. The van der Waals surface area contributed by atoms with Crippen LogP contribution in [0.3, 0.4) is 0 Å². The Morgan fingerprint density at radius 1 is 1.50 bits per heavy atom. The van der Waals surface area contributed by atoms with Gasteiger partial charge in [-0.3, -0.25) is 0 Å².